The summed E-state index contributed by atoms with van der Waals surface area (Å²) in [6, 6.07) is 24.1. The molecule has 0 aliphatic heterocycles. The Bertz CT molecular complexity index is 789. The highest BCUT2D eigenvalue weighted by Crippen LogP contribution is 2.33. The highest BCUT2D eigenvalue weighted by Gasteiger charge is 2.28. The summed E-state index contributed by atoms with van der Waals surface area (Å²) in [6.07, 6.45) is 0. The normalized spacial score (nSPS) is 10.8. The average molecular weight is 368 g/mol. The van der Waals surface area contributed by atoms with Gasteiger partial charge in [0.1, 0.15) is 5.82 Å². The predicted molar refractivity (Wildman–Crippen MR) is 110 cm³/mol. The minimum Gasteiger partial charge on any atom is -0.378 e. The molecular weight excluding hydrogens is 343 g/mol. The van der Waals surface area contributed by atoms with Gasteiger partial charge in [-0.2, -0.15) is 0 Å². The Hall–Kier alpha value is -2.46. The van der Waals surface area contributed by atoms with E-state index in [9.17, 15) is 4.39 Å². The van der Waals surface area contributed by atoms with Gasteiger partial charge in [-0.05, 0) is 72.8 Å². The van der Waals surface area contributed by atoms with E-state index in [1.807, 2.05) is 40.3 Å². The molecule has 0 aliphatic carbocycles. The lowest BCUT2D eigenvalue weighted by molar-refractivity contribution is 0.626. The van der Waals surface area contributed by atoms with Crippen molar-refractivity contribution in [1.29, 1.82) is 0 Å². The van der Waals surface area contributed by atoms with E-state index in [1.54, 1.807) is 0 Å². The van der Waals surface area contributed by atoms with E-state index in [0.29, 0.717) is 0 Å². The third-order valence-corrected chi connectivity index (χ3v) is 6.46. The van der Waals surface area contributed by atoms with Crippen LogP contribution in [0.25, 0.3) is 0 Å². The summed E-state index contributed by atoms with van der Waals surface area (Å²) in [7, 11) is 7.88. The van der Waals surface area contributed by atoms with Crippen molar-refractivity contribution in [3.8, 4) is 0 Å². The van der Waals surface area contributed by atoms with Crippen LogP contribution < -0.4 is 9.80 Å². The third kappa shape index (κ3) is 4.02. The van der Waals surface area contributed by atoms with E-state index >= 15 is 0 Å². The molecule has 0 saturated carbocycles. The number of rotatable bonds is 5. The molecule has 0 saturated heterocycles. The Morgan fingerprint density at radius 1 is 0.538 bits per heavy atom. The highest BCUT2D eigenvalue weighted by atomic mass is 32.2. The first-order valence-electron chi connectivity index (χ1n) is 8.50. The first-order valence-corrected chi connectivity index (χ1v) is 9.73. The maximum Gasteiger partial charge on any atom is 0.166 e. The van der Waals surface area contributed by atoms with Gasteiger partial charge in [0.05, 0.1) is 10.9 Å². The average Bonchev–Trinajstić information content (AvgIpc) is 2.64. The lowest BCUT2D eigenvalue weighted by Gasteiger charge is -2.14. The molecule has 0 bridgehead atoms. The van der Waals surface area contributed by atoms with Crippen LogP contribution in [0.5, 0.6) is 0 Å². The number of nitrogens with zero attached hydrogens (tertiary/aromatic N) is 2. The van der Waals surface area contributed by atoms with Crippen molar-refractivity contribution < 1.29 is 4.39 Å². The van der Waals surface area contributed by atoms with Crippen molar-refractivity contribution in [2.75, 3.05) is 38.0 Å². The minimum absolute atomic E-state index is 0.205. The Morgan fingerprint density at radius 3 is 1.15 bits per heavy atom. The van der Waals surface area contributed by atoms with Gasteiger partial charge in [0.15, 0.2) is 14.7 Å². The van der Waals surface area contributed by atoms with E-state index < -0.39 is 0 Å². The minimum atomic E-state index is -0.270. The molecule has 2 nitrogen and oxygen atoms in total. The molecule has 0 amide bonds. The first-order chi connectivity index (χ1) is 12.5. The zero-order valence-electron chi connectivity index (χ0n) is 15.6. The molecular formula is C22H24FN2S+. The van der Waals surface area contributed by atoms with Gasteiger partial charge < -0.3 is 9.80 Å². The summed E-state index contributed by atoms with van der Waals surface area (Å²) in [5.74, 6) is -0.205. The molecule has 0 heterocycles. The molecule has 0 atom stereocenters. The molecule has 0 unspecified atom stereocenters. The molecule has 0 aromatic heterocycles. The summed E-state index contributed by atoms with van der Waals surface area (Å²) in [5, 5.41) is 0. The van der Waals surface area contributed by atoms with Crippen molar-refractivity contribution in [2.24, 2.45) is 0 Å². The zero-order valence-corrected chi connectivity index (χ0v) is 16.4. The molecule has 0 spiro atoms. The second-order valence-corrected chi connectivity index (χ2v) is 8.56. The largest absolute Gasteiger partial charge is 0.378 e. The smallest absolute Gasteiger partial charge is 0.166 e. The van der Waals surface area contributed by atoms with Gasteiger partial charge in [-0.3, -0.25) is 0 Å². The van der Waals surface area contributed by atoms with Gasteiger partial charge in [-0.25, -0.2) is 4.39 Å². The molecule has 3 rings (SSSR count). The van der Waals surface area contributed by atoms with Crippen LogP contribution >= 0.6 is 0 Å². The van der Waals surface area contributed by atoms with Gasteiger partial charge >= 0.3 is 0 Å². The second-order valence-electron chi connectivity index (χ2n) is 6.54. The van der Waals surface area contributed by atoms with Crippen LogP contribution in [-0.4, -0.2) is 28.2 Å². The summed E-state index contributed by atoms with van der Waals surface area (Å²) in [4.78, 5) is 7.73. The van der Waals surface area contributed by atoms with E-state index in [1.165, 1.54) is 33.3 Å². The molecule has 134 valence electrons. The maximum atomic E-state index is 13.4. The Morgan fingerprint density at radius 2 is 0.846 bits per heavy atom. The van der Waals surface area contributed by atoms with Gasteiger partial charge in [0.2, 0.25) is 0 Å². The van der Waals surface area contributed by atoms with E-state index in [-0.39, 0.29) is 16.7 Å². The van der Waals surface area contributed by atoms with Crippen LogP contribution in [0.15, 0.2) is 87.5 Å². The SMILES string of the molecule is CN(C)c1ccc([S+](c2ccc(F)cc2)c2ccc(N(C)C)cc2)cc1. The number of hydrogen-bond donors (Lipinski definition) is 0. The molecule has 0 aliphatic rings. The van der Waals surface area contributed by atoms with Crippen LogP contribution in [0, 0.1) is 5.82 Å². The van der Waals surface area contributed by atoms with Crippen LogP contribution in [0.1, 0.15) is 0 Å². The number of benzene rings is 3. The summed E-state index contributed by atoms with van der Waals surface area (Å²) >= 11 is 0. The van der Waals surface area contributed by atoms with E-state index in [4.69, 9.17) is 0 Å². The van der Waals surface area contributed by atoms with Gasteiger partial charge in [0, 0.05) is 39.6 Å². The molecule has 3 aromatic rings. The first kappa shape index (κ1) is 18.3. The third-order valence-electron chi connectivity index (χ3n) is 4.23. The number of hydrogen-bond acceptors (Lipinski definition) is 2. The summed E-state index contributed by atoms with van der Waals surface area (Å²) in [5.41, 5.74) is 2.33. The fourth-order valence-electron chi connectivity index (χ4n) is 2.74. The topological polar surface area (TPSA) is 6.48 Å². The molecule has 0 radical (unpaired) electrons. The lowest BCUT2D eigenvalue weighted by Crippen LogP contribution is -2.10. The fourth-order valence-corrected chi connectivity index (χ4v) is 4.78. The monoisotopic (exact) mass is 367 g/mol. The maximum absolute atomic E-state index is 13.4. The van der Waals surface area contributed by atoms with Crippen molar-refractivity contribution in [1.82, 2.24) is 0 Å². The zero-order chi connectivity index (χ0) is 18.7. The van der Waals surface area contributed by atoms with Crippen molar-refractivity contribution in [3.05, 3.63) is 78.6 Å². The summed E-state index contributed by atoms with van der Waals surface area (Å²) < 4.78 is 13.4. The molecule has 3 aromatic carbocycles. The van der Waals surface area contributed by atoms with Crippen molar-refractivity contribution in [2.45, 2.75) is 14.7 Å². The molecule has 4 heteroatoms. The van der Waals surface area contributed by atoms with Crippen LogP contribution in [0.4, 0.5) is 15.8 Å². The van der Waals surface area contributed by atoms with Crippen molar-refractivity contribution in [3.63, 3.8) is 0 Å². The standard InChI is InChI=1S/C22H24FN2S/c1-24(2)18-7-13-21(14-8-18)26(20-11-5-17(23)6-12-20)22-15-9-19(10-16-22)25(3)4/h5-16H,1-4H3/q+1. The van der Waals surface area contributed by atoms with E-state index in [0.717, 1.165) is 4.90 Å². The number of anilines is 2. The number of halogens is 1. The Balaban J connectivity index is 2.05. The highest BCUT2D eigenvalue weighted by molar-refractivity contribution is 7.97. The predicted octanol–water partition coefficient (Wildman–Crippen LogP) is 5.05. The Labute approximate surface area is 158 Å². The van der Waals surface area contributed by atoms with Gasteiger partial charge in [-0.15, -0.1) is 0 Å². The second kappa shape index (κ2) is 7.83. The fraction of sp³-hybridized carbons (Fsp3) is 0.182. The van der Waals surface area contributed by atoms with Crippen LogP contribution in [0.2, 0.25) is 0 Å². The summed E-state index contributed by atoms with van der Waals surface area (Å²) in [6.45, 7) is 0. The lowest BCUT2D eigenvalue weighted by atomic mass is 10.3. The Kier molecular flexibility index (Phi) is 5.52. The van der Waals surface area contributed by atoms with E-state index in [2.05, 4.69) is 58.3 Å². The van der Waals surface area contributed by atoms with Crippen molar-refractivity contribution >= 4 is 22.3 Å². The van der Waals surface area contributed by atoms with Crippen LogP contribution in [-0.2, 0) is 10.9 Å². The molecule has 0 fully saturated rings. The molecule has 0 N–H and O–H groups in total. The molecule has 26 heavy (non-hydrogen) atoms. The van der Waals surface area contributed by atoms with Gasteiger partial charge in [0.25, 0.3) is 0 Å². The van der Waals surface area contributed by atoms with Crippen LogP contribution in [0.3, 0.4) is 0 Å². The van der Waals surface area contributed by atoms with Gasteiger partial charge in [-0.1, -0.05) is 0 Å². The quantitative estimate of drug-likeness (QED) is 0.582.